The molecule has 0 fully saturated rings. The maximum absolute atomic E-state index is 12.2. The summed E-state index contributed by atoms with van der Waals surface area (Å²) in [5.74, 6) is -0.242. The van der Waals surface area contributed by atoms with Gasteiger partial charge in [-0.1, -0.05) is 18.2 Å². The maximum atomic E-state index is 12.2. The van der Waals surface area contributed by atoms with Crippen LogP contribution in [0.15, 0.2) is 48.5 Å². The van der Waals surface area contributed by atoms with Gasteiger partial charge < -0.3 is 14.8 Å². The van der Waals surface area contributed by atoms with Crippen molar-refractivity contribution in [1.29, 1.82) is 0 Å². The molecule has 0 aliphatic carbocycles. The van der Waals surface area contributed by atoms with Gasteiger partial charge in [-0.15, -0.1) is 0 Å². The van der Waals surface area contributed by atoms with Gasteiger partial charge in [-0.05, 0) is 56.7 Å². The summed E-state index contributed by atoms with van der Waals surface area (Å²) in [5.41, 5.74) is 2.01. The summed E-state index contributed by atoms with van der Waals surface area (Å²) < 4.78 is 10.5. The van der Waals surface area contributed by atoms with Crippen LogP contribution < -0.4 is 10.1 Å². The Bertz CT molecular complexity index is 710. The molecule has 5 nitrogen and oxygen atoms in total. The fraction of sp³-hybridized carbons (Fsp3) is 0.263. The summed E-state index contributed by atoms with van der Waals surface area (Å²) >= 11 is 0. The summed E-state index contributed by atoms with van der Waals surface area (Å²) in [6.45, 7) is 5.88. The predicted octanol–water partition coefficient (Wildman–Crippen LogP) is 3.58. The number of benzene rings is 2. The lowest BCUT2D eigenvalue weighted by atomic mass is 10.2. The number of para-hydroxylation sites is 1. The Morgan fingerprint density at radius 2 is 1.75 bits per heavy atom. The van der Waals surface area contributed by atoms with Crippen LogP contribution in [0.1, 0.15) is 29.8 Å². The molecule has 5 heteroatoms. The van der Waals surface area contributed by atoms with Gasteiger partial charge in [0.05, 0.1) is 12.2 Å². The van der Waals surface area contributed by atoms with E-state index in [1.807, 2.05) is 32.0 Å². The molecule has 0 saturated carbocycles. The predicted molar refractivity (Wildman–Crippen MR) is 92.3 cm³/mol. The van der Waals surface area contributed by atoms with E-state index in [1.54, 1.807) is 37.3 Å². The van der Waals surface area contributed by atoms with Crippen LogP contribution in [-0.4, -0.2) is 24.6 Å². The van der Waals surface area contributed by atoms with E-state index >= 15 is 0 Å². The van der Waals surface area contributed by atoms with E-state index in [0.29, 0.717) is 23.6 Å². The molecule has 126 valence electrons. The van der Waals surface area contributed by atoms with Crippen LogP contribution in [0.4, 0.5) is 5.69 Å². The number of ether oxygens (including phenoxy) is 2. The minimum absolute atomic E-state index is 0.369. The lowest BCUT2D eigenvalue weighted by molar-refractivity contribution is -0.123. The van der Waals surface area contributed by atoms with Crippen LogP contribution in [0.5, 0.6) is 5.75 Å². The Morgan fingerprint density at radius 1 is 1.08 bits per heavy atom. The average Bonchev–Trinajstić information content (AvgIpc) is 2.57. The molecule has 1 unspecified atom stereocenters. The fourth-order valence-electron chi connectivity index (χ4n) is 2.08. The number of hydrogen-bond donors (Lipinski definition) is 1. The molecule has 1 atom stereocenters. The number of nitrogens with one attached hydrogen (secondary N) is 1. The number of amides is 1. The molecule has 0 aliphatic heterocycles. The second-order valence-corrected chi connectivity index (χ2v) is 5.31. The van der Waals surface area contributed by atoms with Crippen LogP contribution in [0, 0.1) is 6.92 Å². The number of anilines is 1. The zero-order valence-corrected chi connectivity index (χ0v) is 14.0. The maximum Gasteiger partial charge on any atom is 0.338 e. The van der Waals surface area contributed by atoms with Gasteiger partial charge in [-0.3, -0.25) is 4.79 Å². The zero-order chi connectivity index (χ0) is 17.5. The molecule has 0 radical (unpaired) electrons. The minimum Gasteiger partial charge on any atom is -0.494 e. The quantitative estimate of drug-likeness (QED) is 0.824. The SMILES string of the molecule is CCOc1ccc(C(=O)OC(C)C(=O)Nc2ccccc2C)cc1. The monoisotopic (exact) mass is 327 g/mol. The highest BCUT2D eigenvalue weighted by Gasteiger charge is 2.19. The number of carbonyl (C=O) groups is 2. The molecule has 2 aromatic rings. The van der Waals surface area contributed by atoms with Gasteiger partial charge in [0.15, 0.2) is 6.10 Å². The van der Waals surface area contributed by atoms with Crippen molar-refractivity contribution >= 4 is 17.6 Å². The molecule has 1 amide bonds. The van der Waals surface area contributed by atoms with Crippen LogP contribution in [-0.2, 0) is 9.53 Å². The summed E-state index contributed by atoms with van der Waals surface area (Å²) in [6.07, 6.45) is -0.899. The van der Waals surface area contributed by atoms with Gasteiger partial charge in [0.1, 0.15) is 5.75 Å². The van der Waals surface area contributed by atoms with Gasteiger partial charge in [-0.25, -0.2) is 4.79 Å². The first-order valence-corrected chi connectivity index (χ1v) is 7.81. The van der Waals surface area contributed by atoms with Gasteiger partial charge >= 0.3 is 5.97 Å². The van der Waals surface area contributed by atoms with Crippen LogP contribution in [0.3, 0.4) is 0 Å². The highest BCUT2D eigenvalue weighted by Crippen LogP contribution is 2.15. The third-order valence-corrected chi connectivity index (χ3v) is 3.46. The molecule has 2 aromatic carbocycles. The van der Waals surface area contributed by atoms with Crippen molar-refractivity contribution in [1.82, 2.24) is 0 Å². The molecule has 2 rings (SSSR count). The third kappa shape index (κ3) is 4.59. The number of carbonyl (C=O) groups excluding carboxylic acids is 2. The molecule has 0 spiro atoms. The summed E-state index contributed by atoms with van der Waals surface area (Å²) in [7, 11) is 0. The lowest BCUT2D eigenvalue weighted by Crippen LogP contribution is -2.30. The van der Waals surface area contributed by atoms with E-state index in [4.69, 9.17) is 9.47 Å². The van der Waals surface area contributed by atoms with E-state index in [-0.39, 0.29) is 5.91 Å². The van der Waals surface area contributed by atoms with Crippen molar-refractivity contribution in [3.8, 4) is 5.75 Å². The van der Waals surface area contributed by atoms with Crippen LogP contribution >= 0.6 is 0 Å². The molecule has 0 aliphatic rings. The van der Waals surface area contributed by atoms with E-state index in [9.17, 15) is 9.59 Å². The molecular weight excluding hydrogens is 306 g/mol. The largest absolute Gasteiger partial charge is 0.494 e. The molecule has 0 bridgehead atoms. The second-order valence-electron chi connectivity index (χ2n) is 5.31. The lowest BCUT2D eigenvalue weighted by Gasteiger charge is -2.14. The average molecular weight is 327 g/mol. The van der Waals surface area contributed by atoms with E-state index in [1.165, 1.54) is 0 Å². The van der Waals surface area contributed by atoms with E-state index in [0.717, 1.165) is 5.56 Å². The summed E-state index contributed by atoms with van der Waals surface area (Å²) in [4.78, 5) is 24.3. The molecule has 0 saturated heterocycles. The minimum atomic E-state index is -0.899. The number of rotatable bonds is 6. The first kappa shape index (κ1) is 17.5. The molecular formula is C19H21NO4. The van der Waals surface area contributed by atoms with Gasteiger partial charge in [-0.2, -0.15) is 0 Å². The Hall–Kier alpha value is -2.82. The highest BCUT2D eigenvalue weighted by atomic mass is 16.5. The third-order valence-electron chi connectivity index (χ3n) is 3.46. The van der Waals surface area contributed by atoms with Crippen molar-refractivity contribution in [2.45, 2.75) is 26.9 Å². The van der Waals surface area contributed by atoms with Crippen molar-refractivity contribution in [3.63, 3.8) is 0 Å². The zero-order valence-electron chi connectivity index (χ0n) is 14.0. The van der Waals surface area contributed by atoms with Gasteiger partial charge in [0.25, 0.3) is 5.91 Å². The smallest absolute Gasteiger partial charge is 0.338 e. The van der Waals surface area contributed by atoms with Crippen molar-refractivity contribution in [2.75, 3.05) is 11.9 Å². The van der Waals surface area contributed by atoms with Gasteiger partial charge in [0, 0.05) is 5.69 Å². The van der Waals surface area contributed by atoms with Crippen molar-refractivity contribution in [2.24, 2.45) is 0 Å². The summed E-state index contributed by atoms with van der Waals surface area (Å²) in [6, 6.07) is 14.0. The first-order valence-electron chi connectivity index (χ1n) is 7.81. The second kappa shape index (κ2) is 8.15. The fourth-order valence-corrected chi connectivity index (χ4v) is 2.08. The Morgan fingerprint density at radius 3 is 2.38 bits per heavy atom. The molecule has 1 N–H and O–H groups in total. The Labute approximate surface area is 141 Å². The standard InChI is InChI=1S/C19H21NO4/c1-4-23-16-11-9-15(10-12-16)19(22)24-14(3)18(21)20-17-8-6-5-7-13(17)2/h5-12,14H,4H2,1-3H3,(H,20,21). The van der Waals surface area contributed by atoms with Crippen LogP contribution in [0.2, 0.25) is 0 Å². The normalized spacial score (nSPS) is 11.5. The van der Waals surface area contributed by atoms with Crippen LogP contribution in [0.25, 0.3) is 0 Å². The van der Waals surface area contributed by atoms with Crippen molar-refractivity contribution < 1.29 is 19.1 Å². The number of hydrogen-bond acceptors (Lipinski definition) is 4. The van der Waals surface area contributed by atoms with Gasteiger partial charge in [0.2, 0.25) is 0 Å². The Kier molecular flexibility index (Phi) is 5.95. The molecule has 0 aromatic heterocycles. The number of esters is 1. The van der Waals surface area contributed by atoms with E-state index < -0.39 is 12.1 Å². The number of aryl methyl sites for hydroxylation is 1. The Balaban J connectivity index is 1.95. The first-order chi connectivity index (χ1) is 11.5. The molecule has 24 heavy (non-hydrogen) atoms. The van der Waals surface area contributed by atoms with Crippen molar-refractivity contribution in [3.05, 3.63) is 59.7 Å². The molecule has 0 heterocycles. The van der Waals surface area contributed by atoms with E-state index in [2.05, 4.69) is 5.32 Å². The topological polar surface area (TPSA) is 64.6 Å². The highest BCUT2D eigenvalue weighted by molar-refractivity contribution is 5.97. The summed E-state index contributed by atoms with van der Waals surface area (Å²) in [5, 5.41) is 2.76.